The normalized spacial score (nSPS) is 13.0. The third kappa shape index (κ3) is 4.02. The Balaban J connectivity index is 0.000000659. The van der Waals surface area contributed by atoms with E-state index < -0.39 is 0 Å². The molecule has 0 atom stereocenters. The van der Waals surface area contributed by atoms with Crippen molar-refractivity contribution in [2.45, 2.75) is 34.6 Å². The van der Waals surface area contributed by atoms with Crippen molar-refractivity contribution < 1.29 is 9.18 Å². The average molecular weight is 254 g/mol. The lowest BCUT2D eigenvalue weighted by atomic mass is 10.2. The number of hydrogen-bond donors (Lipinski definition) is 1. The zero-order valence-electron chi connectivity index (χ0n) is 11.9. The Morgan fingerprint density at radius 2 is 1.83 bits per heavy atom. The Hall–Kier alpha value is -1.58. The minimum absolute atomic E-state index is 0.159. The molecule has 1 saturated heterocycles. The fourth-order valence-electron chi connectivity index (χ4n) is 1.47. The minimum Gasteiger partial charge on any atom is -0.336 e. The van der Waals surface area contributed by atoms with E-state index in [0.29, 0.717) is 24.3 Å². The highest BCUT2D eigenvalue weighted by atomic mass is 19.1. The van der Waals surface area contributed by atoms with E-state index in [-0.39, 0.29) is 11.8 Å². The molecule has 3 nitrogen and oxygen atoms in total. The van der Waals surface area contributed by atoms with Crippen LogP contribution in [0.5, 0.6) is 0 Å². The fourth-order valence-corrected chi connectivity index (χ4v) is 1.47. The standard InChI is InChI=1S/C10H11FN2O.2C2H6/c1-7-2-3-8(6-9(7)11)13-5-4-12-10(13)14;2*1-2/h2-3,6H,4-5H2,1H3,(H,12,14);2*1-2H3. The molecule has 1 aromatic rings. The Morgan fingerprint density at radius 3 is 2.28 bits per heavy atom. The second kappa shape index (κ2) is 8.50. The number of carbonyl (C=O) groups is 1. The first kappa shape index (κ1) is 16.4. The zero-order valence-corrected chi connectivity index (χ0v) is 11.9. The number of nitrogens with one attached hydrogen (secondary N) is 1. The van der Waals surface area contributed by atoms with Gasteiger partial charge in [-0.2, -0.15) is 0 Å². The number of nitrogens with zero attached hydrogens (tertiary/aromatic N) is 1. The van der Waals surface area contributed by atoms with Crippen LogP contribution in [0.15, 0.2) is 18.2 Å². The summed E-state index contributed by atoms with van der Waals surface area (Å²) in [5.41, 5.74) is 1.21. The predicted octanol–water partition coefficient (Wildman–Crippen LogP) is 3.72. The lowest BCUT2D eigenvalue weighted by molar-refractivity contribution is 0.252. The number of benzene rings is 1. The van der Waals surface area contributed by atoms with E-state index in [1.807, 2.05) is 27.7 Å². The van der Waals surface area contributed by atoms with Crippen molar-refractivity contribution in [1.29, 1.82) is 0 Å². The van der Waals surface area contributed by atoms with Gasteiger partial charge in [-0.15, -0.1) is 0 Å². The summed E-state index contributed by atoms with van der Waals surface area (Å²) in [4.78, 5) is 12.8. The Bertz CT molecular complexity index is 380. The second-order valence-electron chi connectivity index (χ2n) is 3.32. The smallest absolute Gasteiger partial charge is 0.321 e. The minimum atomic E-state index is -0.276. The van der Waals surface area contributed by atoms with Crippen molar-refractivity contribution >= 4 is 11.7 Å². The van der Waals surface area contributed by atoms with Crippen molar-refractivity contribution in [1.82, 2.24) is 5.32 Å². The zero-order chi connectivity index (χ0) is 14.1. The van der Waals surface area contributed by atoms with E-state index >= 15 is 0 Å². The lowest BCUT2D eigenvalue weighted by Crippen LogP contribution is -2.27. The van der Waals surface area contributed by atoms with Crippen molar-refractivity contribution in [2.75, 3.05) is 18.0 Å². The van der Waals surface area contributed by atoms with E-state index in [1.54, 1.807) is 19.1 Å². The monoisotopic (exact) mass is 254 g/mol. The lowest BCUT2D eigenvalue weighted by Gasteiger charge is -2.14. The molecule has 0 aromatic heterocycles. The molecular weight excluding hydrogens is 231 g/mol. The van der Waals surface area contributed by atoms with Crippen molar-refractivity contribution in [2.24, 2.45) is 0 Å². The molecule has 1 aliphatic heterocycles. The number of amides is 2. The first-order chi connectivity index (χ1) is 8.68. The maximum absolute atomic E-state index is 13.2. The molecule has 0 unspecified atom stereocenters. The van der Waals surface area contributed by atoms with Gasteiger partial charge in [0.05, 0.1) is 0 Å². The molecule has 1 aliphatic rings. The van der Waals surface area contributed by atoms with Gasteiger partial charge in [0.25, 0.3) is 0 Å². The summed E-state index contributed by atoms with van der Waals surface area (Å²) < 4.78 is 13.2. The Labute approximate surface area is 109 Å². The molecule has 0 aliphatic carbocycles. The summed E-state index contributed by atoms with van der Waals surface area (Å²) in [6.07, 6.45) is 0. The number of halogens is 1. The average Bonchev–Trinajstić information content (AvgIpc) is 2.84. The van der Waals surface area contributed by atoms with Crippen LogP contribution < -0.4 is 10.2 Å². The number of carbonyl (C=O) groups excluding carboxylic acids is 1. The molecular formula is C14H23FN2O. The molecule has 4 heteroatoms. The van der Waals surface area contributed by atoms with E-state index in [9.17, 15) is 9.18 Å². The van der Waals surface area contributed by atoms with Gasteiger partial charge < -0.3 is 5.32 Å². The molecule has 0 saturated carbocycles. The van der Waals surface area contributed by atoms with E-state index in [0.717, 1.165) is 0 Å². The molecule has 0 spiro atoms. The van der Waals surface area contributed by atoms with Gasteiger partial charge >= 0.3 is 6.03 Å². The third-order valence-electron chi connectivity index (χ3n) is 2.32. The van der Waals surface area contributed by atoms with E-state index in [2.05, 4.69) is 5.32 Å². The molecule has 1 heterocycles. The first-order valence-electron chi connectivity index (χ1n) is 6.50. The summed E-state index contributed by atoms with van der Waals surface area (Å²) in [6.45, 7) is 10.9. The van der Waals surface area contributed by atoms with Crippen LogP contribution in [0.3, 0.4) is 0 Å². The van der Waals surface area contributed by atoms with Gasteiger partial charge in [-0.3, -0.25) is 4.90 Å². The summed E-state index contributed by atoms with van der Waals surface area (Å²) >= 11 is 0. The predicted molar refractivity (Wildman–Crippen MR) is 74.6 cm³/mol. The van der Waals surface area contributed by atoms with Gasteiger partial charge in [0.15, 0.2) is 0 Å². The first-order valence-corrected chi connectivity index (χ1v) is 6.50. The van der Waals surface area contributed by atoms with Gasteiger partial charge in [0.2, 0.25) is 0 Å². The Morgan fingerprint density at radius 1 is 1.22 bits per heavy atom. The second-order valence-corrected chi connectivity index (χ2v) is 3.32. The molecule has 18 heavy (non-hydrogen) atoms. The SMILES string of the molecule is CC.CC.Cc1ccc(N2CCNC2=O)cc1F. The van der Waals surface area contributed by atoms with Gasteiger partial charge in [-0.1, -0.05) is 33.8 Å². The third-order valence-corrected chi connectivity index (χ3v) is 2.32. The summed E-state index contributed by atoms with van der Waals surface area (Å²) in [5, 5.41) is 2.67. The molecule has 1 aromatic carbocycles. The van der Waals surface area contributed by atoms with E-state index in [1.165, 1.54) is 11.0 Å². The Kier molecular flexibility index (Phi) is 7.76. The fraction of sp³-hybridized carbons (Fsp3) is 0.500. The molecule has 2 rings (SSSR count). The van der Waals surface area contributed by atoms with Crippen LogP contribution in [0.2, 0.25) is 0 Å². The highest BCUT2D eigenvalue weighted by molar-refractivity contribution is 5.93. The quantitative estimate of drug-likeness (QED) is 0.814. The highest BCUT2D eigenvalue weighted by Gasteiger charge is 2.21. The number of anilines is 1. The van der Waals surface area contributed by atoms with Crippen molar-refractivity contribution in [3.05, 3.63) is 29.6 Å². The van der Waals surface area contributed by atoms with Crippen LogP contribution >= 0.6 is 0 Å². The van der Waals surface area contributed by atoms with Crippen LogP contribution in [-0.4, -0.2) is 19.1 Å². The summed E-state index contributed by atoms with van der Waals surface area (Å²) in [6, 6.07) is 4.66. The van der Waals surface area contributed by atoms with Crippen LogP contribution in [0.25, 0.3) is 0 Å². The van der Waals surface area contributed by atoms with Gasteiger partial charge in [0.1, 0.15) is 5.82 Å². The summed E-state index contributed by atoms with van der Waals surface area (Å²) in [5.74, 6) is -0.276. The molecule has 1 N–H and O–H groups in total. The van der Waals surface area contributed by atoms with Crippen molar-refractivity contribution in [3.63, 3.8) is 0 Å². The summed E-state index contributed by atoms with van der Waals surface area (Å²) in [7, 11) is 0. The van der Waals surface area contributed by atoms with Gasteiger partial charge in [0, 0.05) is 18.8 Å². The van der Waals surface area contributed by atoms with Crippen LogP contribution in [0.4, 0.5) is 14.9 Å². The van der Waals surface area contributed by atoms with Gasteiger partial charge in [-0.05, 0) is 24.6 Å². The number of hydrogen-bond acceptors (Lipinski definition) is 1. The van der Waals surface area contributed by atoms with Crippen LogP contribution in [0, 0.1) is 12.7 Å². The number of urea groups is 1. The molecule has 102 valence electrons. The maximum Gasteiger partial charge on any atom is 0.321 e. The number of aryl methyl sites for hydroxylation is 1. The van der Waals surface area contributed by atoms with Crippen LogP contribution in [-0.2, 0) is 0 Å². The highest BCUT2D eigenvalue weighted by Crippen LogP contribution is 2.19. The largest absolute Gasteiger partial charge is 0.336 e. The maximum atomic E-state index is 13.2. The molecule has 0 bridgehead atoms. The molecule has 1 fully saturated rings. The number of rotatable bonds is 1. The van der Waals surface area contributed by atoms with E-state index in [4.69, 9.17) is 0 Å². The van der Waals surface area contributed by atoms with Crippen LogP contribution in [0.1, 0.15) is 33.3 Å². The molecule has 0 radical (unpaired) electrons. The molecule has 2 amide bonds. The van der Waals surface area contributed by atoms with Crippen molar-refractivity contribution in [3.8, 4) is 0 Å². The topological polar surface area (TPSA) is 32.3 Å². The van der Waals surface area contributed by atoms with Gasteiger partial charge in [-0.25, -0.2) is 9.18 Å².